The Labute approximate surface area is 194 Å². The van der Waals surface area contributed by atoms with Gasteiger partial charge in [-0.1, -0.05) is 6.07 Å². The topological polar surface area (TPSA) is 74.2 Å². The van der Waals surface area contributed by atoms with Gasteiger partial charge in [-0.2, -0.15) is 16.9 Å². The van der Waals surface area contributed by atoms with Crippen molar-refractivity contribution in [3.8, 4) is 11.1 Å². The lowest BCUT2D eigenvalue weighted by Gasteiger charge is -2.22. The second-order valence-electron chi connectivity index (χ2n) is 7.76. The van der Waals surface area contributed by atoms with E-state index in [1.807, 2.05) is 16.8 Å². The summed E-state index contributed by atoms with van der Waals surface area (Å²) in [6, 6.07) is 8.81. The zero-order chi connectivity index (χ0) is 23.4. The lowest BCUT2D eigenvalue weighted by molar-refractivity contribution is -0.119. The maximum atomic E-state index is 14.9. The molecule has 1 N–H and O–H groups in total. The van der Waals surface area contributed by atoms with Crippen LogP contribution in [-0.4, -0.2) is 67.0 Å². The van der Waals surface area contributed by atoms with Gasteiger partial charge in [0.05, 0.1) is 25.0 Å². The molecule has 0 saturated carbocycles. The van der Waals surface area contributed by atoms with Gasteiger partial charge in [0.1, 0.15) is 17.7 Å². The van der Waals surface area contributed by atoms with E-state index in [1.54, 1.807) is 18.2 Å². The minimum absolute atomic E-state index is 0.184. The van der Waals surface area contributed by atoms with Crippen LogP contribution in [0, 0.1) is 11.6 Å². The number of amides is 2. The predicted octanol–water partition coefficient (Wildman–Crippen LogP) is 3.48. The van der Waals surface area contributed by atoms with E-state index < -0.39 is 23.8 Å². The van der Waals surface area contributed by atoms with E-state index in [2.05, 4.69) is 10.4 Å². The molecule has 0 unspecified atom stereocenters. The van der Waals surface area contributed by atoms with Crippen LogP contribution in [0.5, 0.6) is 0 Å². The number of carbonyl (C=O) groups excluding carboxylic acids is 2. The number of nitrogens with one attached hydrogen (secondary N) is 1. The van der Waals surface area contributed by atoms with Gasteiger partial charge in [0.2, 0.25) is 5.91 Å². The highest BCUT2D eigenvalue weighted by Gasteiger charge is 2.32. The first-order valence-corrected chi connectivity index (χ1v) is 11.7. The Kier molecular flexibility index (Phi) is 7.12. The molecular weight excluding hydrogens is 450 g/mol. The fourth-order valence-electron chi connectivity index (χ4n) is 3.61. The molecule has 2 saturated heterocycles. The number of thioether (sulfide) groups is 1. The summed E-state index contributed by atoms with van der Waals surface area (Å²) in [7, 11) is 0. The third-order valence-corrected chi connectivity index (χ3v) is 6.32. The molecule has 2 aliphatic heterocycles. The van der Waals surface area contributed by atoms with E-state index in [4.69, 9.17) is 4.74 Å². The number of carbonyl (C=O) groups is 2. The molecule has 2 aromatic rings. The first-order chi connectivity index (χ1) is 15.9. The van der Waals surface area contributed by atoms with E-state index >= 15 is 0 Å². The average molecular weight is 475 g/mol. The van der Waals surface area contributed by atoms with Crippen LogP contribution >= 0.6 is 11.8 Å². The molecule has 2 aromatic carbocycles. The van der Waals surface area contributed by atoms with Gasteiger partial charge < -0.3 is 10.1 Å². The Morgan fingerprint density at radius 1 is 1.21 bits per heavy atom. The number of cyclic esters (lactones) is 1. The van der Waals surface area contributed by atoms with Crippen molar-refractivity contribution in [2.45, 2.75) is 13.0 Å². The number of rotatable bonds is 6. The molecule has 174 valence electrons. The molecule has 2 amide bonds. The molecular formula is C23H24F2N4O3S. The fraction of sp³-hybridized carbons (Fsp3) is 0.348. The van der Waals surface area contributed by atoms with E-state index in [-0.39, 0.29) is 24.6 Å². The van der Waals surface area contributed by atoms with Gasteiger partial charge in [-0.05, 0) is 35.9 Å². The molecule has 4 rings (SSSR count). The third kappa shape index (κ3) is 5.62. The lowest BCUT2D eigenvalue weighted by atomic mass is 10.0. The quantitative estimate of drug-likeness (QED) is 0.649. The highest BCUT2D eigenvalue weighted by atomic mass is 32.2. The smallest absolute Gasteiger partial charge is 0.414 e. The maximum absolute atomic E-state index is 14.9. The number of anilines is 1. The normalized spacial score (nSPS) is 18.6. The van der Waals surface area contributed by atoms with Gasteiger partial charge in [0.25, 0.3) is 0 Å². The van der Waals surface area contributed by atoms with Crippen molar-refractivity contribution in [2.24, 2.45) is 5.10 Å². The Bertz CT molecular complexity index is 1080. The average Bonchev–Trinajstić information content (AvgIpc) is 3.18. The van der Waals surface area contributed by atoms with Crippen molar-refractivity contribution in [1.82, 2.24) is 10.3 Å². The first-order valence-electron chi connectivity index (χ1n) is 10.6. The monoisotopic (exact) mass is 474 g/mol. The van der Waals surface area contributed by atoms with Gasteiger partial charge >= 0.3 is 6.09 Å². The van der Waals surface area contributed by atoms with E-state index in [0.717, 1.165) is 24.6 Å². The summed E-state index contributed by atoms with van der Waals surface area (Å²) in [6.07, 6.45) is 0.362. The van der Waals surface area contributed by atoms with Crippen LogP contribution in [-0.2, 0) is 9.53 Å². The molecule has 10 heteroatoms. The highest BCUT2D eigenvalue weighted by molar-refractivity contribution is 7.99. The van der Waals surface area contributed by atoms with E-state index in [0.29, 0.717) is 16.8 Å². The molecule has 2 fully saturated rings. The van der Waals surface area contributed by atoms with Crippen LogP contribution in [0.3, 0.4) is 0 Å². The molecule has 2 aliphatic rings. The number of hydrogen-bond donors (Lipinski definition) is 1. The number of halogens is 2. The van der Waals surface area contributed by atoms with Crippen molar-refractivity contribution >= 4 is 35.7 Å². The summed E-state index contributed by atoms with van der Waals surface area (Å²) in [5.41, 5.74) is 1.27. The third-order valence-electron chi connectivity index (χ3n) is 5.38. The van der Waals surface area contributed by atoms with E-state index in [1.165, 1.54) is 36.2 Å². The van der Waals surface area contributed by atoms with Crippen LogP contribution in [0.25, 0.3) is 11.1 Å². The molecule has 7 nitrogen and oxygen atoms in total. The minimum atomic E-state index is -0.612. The fourth-order valence-corrected chi connectivity index (χ4v) is 4.50. The zero-order valence-corrected chi connectivity index (χ0v) is 18.9. The summed E-state index contributed by atoms with van der Waals surface area (Å²) in [5.74, 6) is 0.695. The van der Waals surface area contributed by atoms with Gasteiger partial charge in [-0.15, -0.1) is 0 Å². The van der Waals surface area contributed by atoms with Crippen LogP contribution in [0.4, 0.5) is 19.3 Å². The second-order valence-corrected chi connectivity index (χ2v) is 8.99. The number of benzene rings is 2. The largest absolute Gasteiger partial charge is 0.442 e. The van der Waals surface area contributed by atoms with Crippen LogP contribution < -0.4 is 10.2 Å². The van der Waals surface area contributed by atoms with Gasteiger partial charge in [0, 0.05) is 42.6 Å². The highest BCUT2D eigenvalue weighted by Crippen LogP contribution is 2.30. The number of hydrogen-bond acceptors (Lipinski definition) is 6. The summed E-state index contributed by atoms with van der Waals surface area (Å²) >= 11 is 1.87. The van der Waals surface area contributed by atoms with Crippen LogP contribution in [0.2, 0.25) is 0 Å². The van der Waals surface area contributed by atoms with Crippen molar-refractivity contribution in [3.05, 3.63) is 53.6 Å². The standard InChI is InChI=1S/C23H24F2N4O3S/c1-15(30)26-13-19-14-29(23(31)32-19)18-4-5-20(22(25)11-18)16-2-3-17(21(24)10-16)12-27-28-6-8-33-9-7-28/h2-5,10-12,19H,6-9,13-14H2,1H3,(H,26,30)/b27-12+/t19-/m0/s1. The SMILES string of the molecule is CC(=O)NC[C@H]1CN(c2ccc(-c3ccc(/C=N/N4CCSCC4)c(F)c3)c(F)c2)C(=O)O1. The van der Waals surface area contributed by atoms with Crippen molar-refractivity contribution in [2.75, 3.05) is 42.6 Å². The second kappa shape index (κ2) is 10.2. The Hall–Kier alpha value is -3.14. The Morgan fingerprint density at radius 3 is 2.70 bits per heavy atom. The van der Waals surface area contributed by atoms with Gasteiger partial charge in [-0.3, -0.25) is 14.7 Å². The van der Waals surface area contributed by atoms with Crippen LogP contribution in [0.1, 0.15) is 12.5 Å². The van der Waals surface area contributed by atoms with Gasteiger partial charge in [-0.25, -0.2) is 13.6 Å². The predicted molar refractivity (Wildman–Crippen MR) is 125 cm³/mol. The van der Waals surface area contributed by atoms with Crippen LogP contribution in [0.15, 0.2) is 41.5 Å². The first kappa shape index (κ1) is 23.0. The summed E-state index contributed by atoms with van der Waals surface area (Å²) in [5, 5.41) is 8.84. The molecule has 33 heavy (non-hydrogen) atoms. The summed E-state index contributed by atoms with van der Waals surface area (Å²) in [6.45, 7) is 3.41. The molecule has 2 heterocycles. The molecule has 0 radical (unpaired) electrons. The Balaban J connectivity index is 1.46. The van der Waals surface area contributed by atoms with Gasteiger partial charge in [0.15, 0.2) is 0 Å². The molecule has 0 aromatic heterocycles. The maximum Gasteiger partial charge on any atom is 0.414 e. The number of hydrazone groups is 1. The van der Waals surface area contributed by atoms with Crippen molar-refractivity contribution < 1.29 is 23.1 Å². The Morgan fingerprint density at radius 2 is 2.00 bits per heavy atom. The number of ether oxygens (including phenoxy) is 1. The molecule has 0 aliphatic carbocycles. The van der Waals surface area contributed by atoms with Crippen molar-refractivity contribution in [3.63, 3.8) is 0 Å². The lowest BCUT2D eigenvalue weighted by Crippen LogP contribution is -2.33. The number of nitrogens with zero attached hydrogens (tertiary/aromatic N) is 3. The minimum Gasteiger partial charge on any atom is -0.442 e. The summed E-state index contributed by atoms with van der Waals surface area (Å²) in [4.78, 5) is 24.5. The van der Waals surface area contributed by atoms with Crippen molar-refractivity contribution in [1.29, 1.82) is 0 Å². The van der Waals surface area contributed by atoms with E-state index in [9.17, 15) is 18.4 Å². The molecule has 0 bridgehead atoms. The molecule has 1 atom stereocenters. The molecule has 0 spiro atoms. The zero-order valence-electron chi connectivity index (χ0n) is 18.1. The summed E-state index contributed by atoms with van der Waals surface area (Å²) < 4.78 is 34.7.